The normalized spacial score (nSPS) is 12.7. The van der Waals surface area contributed by atoms with Gasteiger partial charge in [0.1, 0.15) is 17.9 Å². The highest BCUT2D eigenvalue weighted by atomic mass is 127. The average Bonchev–Trinajstić information content (AvgIpc) is 3.32. The molecule has 2 N–H and O–H groups in total. The maximum Gasteiger partial charge on any atom is 0.387 e. The molecule has 160 valence electrons. The molecule has 0 unspecified atom stereocenters. The Morgan fingerprint density at radius 1 is 1.31 bits per heavy atom. The van der Waals surface area contributed by atoms with E-state index < -0.39 is 6.61 Å². The Morgan fingerprint density at radius 2 is 2.07 bits per heavy atom. The van der Waals surface area contributed by atoms with Crippen LogP contribution in [0.1, 0.15) is 18.3 Å². The van der Waals surface area contributed by atoms with E-state index in [-0.39, 0.29) is 43.1 Å². The van der Waals surface area contributed by atoms with E-state index >= 15 is 0 Å². The topological polar surface area (TPSA) is 94.8 Å². The van der Waals surface area contributed by atoms with Crippen LogP contribution in [-0.2, 0) is 19.5 Å². The quantitative estimate of drug-likeness (QED) is 0.311. The first-order chi connectivity index (χ1) is 13.6. The van der Waals surface area contributed by atoms with Crippen molar-refractivity contribution in [3.05, 3.63) is 29.8 Å². The molecule has 29 heavy (non-hydrogen) atoms. The van der Waals surface area contributed by atoms with E-state index in [2.05, 4.69) is 30.6 Å². The molecule has 0 atom stereocenters. The minimum Gasteiger partial charge on any atom is -0.454 e. The molecule has 0 spiro atoms. The Bertz CT molecular complexity index is 833. The smallest absolute Gasteiger partial charge is 0.387 e. The molecule has 2 aromatic rings. The molecular formula is C17H23F2IN6O3. The number of nitrogens with zero attached hydrogens (tertiary/aromatic N) is 4. The van der Waals surface area contributed by atoms with E-state index in [0.29, 0.717) is 36.1 Å². The summed E-state index contributed by atoms with van der Waals surface area (Å²) in [6.45, 7) is 0.594. The average molecular weight is 524 g/mol. The third-order valence-corrected chi connectivity index (χ3v) is 4.10. The fraction of sp³-hybridized carbons (Fsp3) is 0.471. The van der Waals surface area contributed by atoms with Gasteiger partial charge in [0.05, 0.1) is 0 Å². The molecule has 12 heteroatoms. The number of aromatic nitrogens is 3. The maximum atomic E-state index is 12.7. The summed E-state index contributed by atoms with van der Waals surface area (Å²) >= 11 is 0. The van der Waals surface area contributed by atoms with Crippen LogP contribution in [0, 0.1) is 0 Å². The van der Waals surface area contributed by atoms with Gasteiger partial charge in [-0.25, -0.2) is 0 Å². The van der Waals surface area contributed by atoms with Crippen molar-refractivity contribution in [3.8, 4) is 17.2 Å². The second kappa shape index (κ2) is 11.0. The standard InChI is InChI=1S/C17H22F2N6O3.HI/c1-3-15-24-23-9-25(15)5-4-21-17(20-2)22-8-11-6-13-14(27-10-26-13)7-12(11)28-16(18)19;/h6-7,9,16H,3-5,8,10H2,1-2H3,(H2,20,21,22);1H. The van der Waals surface area contributed by atoms with Crippen molar-refractivity contribution >= 4 is 29.9 Å². The van der Waals surface area contributed by atoms with Crippen LogP contribution in [-0.4, -0.2) is 47.7 Å². The van der Waals surface area contributed by atoms with E-state index in [1.54, 1.807) is 19.4 Å². The van der Waals surface area contributed by atoms with Gasteiger partial charge < -0.3 is 29.4 Å². The van der Waals surface area contributed by atoms with Crippen LogP contribution in [0.2, 0.25) is 0 Å². The summed E-state index contributed by atoms with van der Waals surface area (Å²) in [4.78, 5) is 4.14. The van der Waals surface area contributed by atoms with Gasteiger partial charge in [0, 0.05) is 44.7 Å². The number of hydrogen-bond acceptors (Lipinski definition) is 6. The molecule has 1 aromatic carbocycles. The molecule has 1 aliphatic heterocycles. The molecule has 0 fully saturated rings. The van der Waals surface area contributed by atoms with E-state index in [0.717, 1.165) is 12.2 Å². The summed E-state index contributed by atoms with van der Waals surface area (Å²) in [5, 5.41) is 14.2. The third kappa shape index (κ3) is 6.05. The second-order valence-electron chi connectivity index (χ2n) is 5.84. The Hall–Kier alpha value is -2.38. The molecule has 0 amide bonds. The number of alkyl halides is 2. The number of ether oxygens (including phenoxy) is 3. The number of guanidine groups is 1. The molecular weight excluding hydrogens is 501 g/mol. The number of aliphatic imine (C=N–C) groups is 1. The van der Waals surface area contributed by atoms with Crippen LogP contribution in [0.3, 0.4) is 0 Å². The van der Waals surface area contributed by atoms with Crippen LogP contribution in [0.5, 0.6) is 17.2 Å². The fourth-order valence-electron chi connectivity index (χ4n) is 2.74. The summed E-state index contributed by atoms with van der Waals surface area (Å²) in [6.07, 6.45) is 2.47. The Labute approximate surface area is 183 Å². The lowest BCUT2D eigenvalue weighted by Crippen LogP contribution is -2.38. The molecule has 2 heterocycles. The zero-order chi connectivity index (χ0) is 19.9. The van der Waals surface area contributed by atoms with Crippen LogP contribution < -0.4 is 24.8 Å². The van der Waals surface area contributed by atoms with Gasteiger partial charge in [-0.15, -0.1) is 34.2 Å². The monoisotopic (exact) mass is 524 g/mol. The van der Waals surface area contributed by atoms with Gasteiger partial charge in [-0.05, 0) is 6.07 Å². The van der Waals surface area contributed by atoms with Crippen molar-refractivity contribution < 1.29 is 23.0 Å². The minimum atomic E-state index is -2.94. The van der Waals surface area contributed by atoms with Crippen LogP contribution in [0.4, 0.5) is 8.78 Å². The van der Waals surface area contributed by atoms with Crippen molar-refractivity contribution in [2.45, 2.75) is 33.0 Å². The highest BCUT2D eigenvalue weighted by Crippen LogP contribution is 2.38. The first-order valence-electron chi connectivity index (χ1n) is 8.79. The predicted molar refractivity (Wildman–Crippen MR) is 112 cm³/mol. The lowest BCUT2D eigenvalue weighted by Gasteiger charge is -2.15. The van der Waals surface area contributed by atoms with Gasteiger partial charge in [0.15, 0.2) is 17.5 Å². The summed E-state index contributed by atoms with van der Waals surface area (Å²) in [6, 6.07) is 3.02. The lowest BCUT2D eigenvalue weighted by molar-refractivity contribution is -0.0505. The highest BCUT2D eigenvalue weighted by molar-refractivity contribution is 14.0. The number of rotatable bonds is 8. The van der Waals surface area contributed by atoms with Gasteiger partial charge >= 0.3 is 6.61 Å². The Morgan fingerprint density at radius 3 is 2.76 bits per heavy atom. The van der Waals surface area contributed by atoms with Crippen molar-refractivity contribution in [2.24, 2.45) is 4.99 Å². The van der Waals surface area contributed by atoms with Gasteiger partial charge in [-0.3, -0.25) is 4.99 Å². The molecule has 1 aliphatic rings. The number of nitrogens with one attached hydrogen (secondary N) is 2. The zero-order valence-electron chi connectivity index (χ0n) is 16.0. The third-order valence-electron chi connectivity index (χ3n) is 4.10. The first-order valence-corrected chi connectivity index (χ1v) is 8.79. The predicted octanol–water partition coefficient (Wildman–Crippen LogP) is 2.15. The SMILES string of the molecule is CCc1nncn1CCNC(=NC)NCc1cc2c(cc1OC(F)F)OCO2.I. The zero-order valence-corrected chi connectivity index (χ0v) is 18.4. The highest BCUT2D eigenvalue weighted by Gasteiger charge is 2.20. The van der Waals surface area contributed by atoms with Gasteiger partial charge in [0.2, 0.25) is 6.79 Å². The van der Waals surface area contributed by atoms with E-state index in [9.17, 15) is 8.78 Å². The second-order valence-corrected chi connectivity index (χ2v) is 5.84. The van der Waals surface area contributed by atoms with Crippen molar-refractivity contribution in [3.63, 3.8) is 0 Å². The Balaban J connectivity index is 0.00000300. The summed E-state index contributed by atoms with van der Waals surface area (Å²) in [5.41, 5.74) is 0.500. The molecule has 9 nitrogen and oxygen atoms in total. The van der Waals surface area contributed by atoms with Gasteiger partial charge in [-0.2, -0.15) is 8.78 Å². The number of fused-ring (bicyclic) bond motifs is 1. The van der Waals surface area contributed by atoms with Crippen LogP contribution in [0.25, 0.3) is 0 Å². The van der Waals surface area contributed by atoms with Crippen LogP contribution in [0.15, 0.2) is 23.5 Å². The summed E-state index contributed by atoms with van der Waals surface area (Å²) in [5.74, 6) is 2.31. The largest absolute Gasteiger partial charge is 0.454 e. The summed E-state index contributed by atoms with van der Waals surface area (Å²) in [7, 11) is 1.63. The van der Waals surface area contributed by atoms with E-state index in [4.69, 9.17) is 9.47 Å². The van der Waals surface area contributed by atoms with Crippen molar-refractivity contribution in [1.29, 1.82) is 0 Å². The van der Waals surface area contributed by atoms with Gasteiger partial charge in [0.25, 0.3) is 0 Å². The van der Waals surface area contributed by atoms with Crippen molar-refractivity contribution in [2.75, 3.05) is 20.4 Å². The first kappa shape index (κ1) is 22.9. The molecule has 0 saturated carbocycles. The molecule has 1 aromatic heterocycles. The summed E-state index contributed by atoms with van der Waals surface area (Å²) < 4.78 is 42.5. The molecule has 0 radical (unpaired) electrons. The lowest BCUT2D eigenvalue weighted by atomic mass is 10.1. The molecule has 3 rings (SSSR count). The number of hydrogen-bond donors (Lipinski definition) is 2. The fourth-order valence-corrected chi connectivity index (χ4v) is 2.74. The number of halogens is 3. The molecule has 0 saturated heterocycles. The van der Waals surface area contributed by atoms with E-state index in [1.807, 2.05) is 11.5 Å². The number of benzene rings is 1. The van der Waals surface area contributed by atoms with Crippen molar-refractivity contribution in [1.82, 2.24) is 25.4 Å². The Kier molecular flexibility index (Phi) is 8.67. The molecule has 0 aliphatic carbocycles. The number of aryl methyl sites for hydroxylation is 1. The van der Waals surface area contributed by atoms with E-state index in [1.165, 1.54) is 6.07 Å². The van der Waals surface area contributed by atoms with Gasteiger partial charge in [-0.1, -0.05) is 6.92 Å². The minimum absolute atomic E-state index is 0. The van der Waals surface area contributed by atoms with Crippen LogP contribution >= 0.6 is 24.0 Å². The maximum absolute atomic E-state index is 12.7. The molecule has 0 bridgehead atoms.